The highest BCUT2D eigenvalue weighted by Crippen LogP contribution is 2.43. The zero-order chi connectivity index (χ0) is 15.7. The van der Waals surface area contributed by atoms with Crippen LogP contribution in [0.4, 0.5) is 0 Å². The van der Waals surface area contributed by atoms with Crippen LogP contribution < -0.4 is 4.52 Å². The van der Waals surface area contributed by atoms with Crippen LogP contribution in [0.25, 0.3) is 22.6 Å². The summed E-state index contributed by atoms with van der Waals surface area (Å²) in [5.41, 5.74) is 2.16. The first-order chi connectivity index (χ1) is 10.5. The largest absolute Gasteiger partial charge is 0.443 e. The molecule has 22 heavy (non-hydrogen) atoms. The van der Waals surface area contributed by atoms with Gasteiger partial charge in [0.15, 0.2) is 5.58 Å². The van der Waals surface area contributed by atoms with E-state index in [0.29, 0.717) is 33.9 Å². The molecule has 1 atom stereocenters. The normalized spacial score (nSPS) is 14.0. The molecule has 0 bridgehead atoms. The van der Waals surface area contributed by atoms with Crippen molar-refractivity contribution in [2.45, 2.75) is 6.92 Å². The highest BCUT2D eigenvalue weighted by molar-refractivity contribution is 7.58. The second kappa shape index (κ2) is 5.79. The molecule has 2 aromatic carbocycles. The Hall–Kier alpha value is -1.77. The van der Waals surface area contributed by atoms with Gasteiger partial charge < -0.3 is 8.94 Å². The Kier molecular flexibility index (Phi) is 3.98. The van der Waals surface area contributed by atoms with Crippen molar-refractivity contribution >= 4 is 30.1 Å². The molecule has 0 saturated carbocycles. The summed E-state index contributed by atoms with van der Waals surface area (Å²) in [6, 6.07) is 12.5. The lowest BCUT2D eigenvalue weighted by atomic mass is 10.2. The Labute approximate surface area is 133 Å². The number of nitrogens with zero attached hydrogens (tertiary/aromatic N) is 1. The van der Waals surface area contributed by atoms with Gasteiger partial charge in [0.2, 0.25) is 13.3 Å². The standard InChI is InChI=1S/C16H15ClNO3P/c1-3-22(2,19)21-13-8-9-15-14(10-13)18-16(20-15)11-4-6-12(17)7-5-11/h4-10H,3H2,1-2H3. The Morgan fingerprint density at radius 2 is 1.95 bits per heavy atom. The fourth-order valence-corrected chi connectivity index (χ4v) is 2.78. The summed E-state index contributed by atoms with van der Waals surface area (Å²) in [7, 11) is -2.60. The van der Waals surface area contributed by atoms with E-state index in [0.717, 1.165) is 5.56 Å². The molecule has 0 aliphatic carbocycles. The number of rotatable bonds is 4. The molecular formula is C16H15ClNO3P. The summed E-state index contributed by atoms with van der Waals surface area (Å²) in [5.74, 6) is 1.05. The molecule has 0 aliphatic rings. The number of hydrogen-bond acceptors (Lipinski definition) is 4. The van der Waals surface area contributed by atoms with E-state index in [4.69, 9.17) is 20.5 Å². The third kappa shape index (κ3) is 3.18. The van der Waals surface area contributed by atoms with E-state index in [1.165, 1.54) is 0 Å². The van der Waals surface area contributed by atoms with Crippen LogP contribution >= 0.6 is 19.0 Å². The van der Waals surface area contributed by atoms with Crippen LogP contribution in [0.5, 0.6) is 5.75 Å². The summed E-state index contributed by atoms with van der Waals surface area (Å²) in [6.07, 6.45) is 0.486. The Morgan fingerprint density at radius 3 is 2.64 bits per heavy atom. The molecule has 0 radical (unpaired) electrons. The van der Waals surface area contributed by atoms with Crippen LogP contribution in [0.2, 0.25) is 5.02 Å². The summed E-state index contributed by atoms with van der Waals surface area (Å²) in [4.78, 5) is 4.45. The first kappa shape index (κ1) is 15.1. The second-order valence-electron chi connectivity index (χ2n) is 5.08. The van der Waals surface area contributed by atoms with Gasteiger partial charge in [-0.2, -0.15) is 0 Å². The summed E-state index contributed by atoms with van der Waals surface area (Å²) in [6.45, 7) is 3.47. The smallest absolute Gasteiger partial charge is 0.244 e. The maximum atomic E-state index is 12.1. The minimum Gasteiger partial charge on any atom is -0.443 e. The zero-order valence-corrected chi connectivity index (χ0v) is 13.9. The van der Waals surface area contributed by atoms with Crippen molar-refractivity contribution in [1.82, 2.24) is 4.98 Å². The molecule has 6 heteroatoms. The molecule has 1 heterocycles. The van der Waals surface area contributed by atoms with Crippen LogP contribution in [0.15, 0.2) is 46.9 Å². The quantitative estimate of drug-likeness (QED) is 0.594. The van der Waals surface area contributed by atoms with Gasteiger partial charge in [-0.15, -0.1) is 0 Å². The first-order valence-electron chi connectivity index (χ1n) is 6.89. The van der Waals surface area contributed by atoms with E-state index >= 15 is 0 Å². The molecule has 1 unspecified atom stereocenters. The lowest BCUT2D eigenvalue weighted by molar-refractivity contribution is 0.489. The highest BCUT2D eigenvalue weighted by Gasteiger charge is 2.15. The first-order valence-corrected chi connectivity index (χ1v) is 9.53. The maximum absolute atomic E-state index is 12.1. The minimum absolute atomic E-state index is 0.486. The molecule has 0 fully saturated rings. The van der Waals surface area contributed by atoms with Gasteiger partial charge in [-0.1, -0.05) is 18.5 Å². The van der Waals surface area contributed by atoms with Crippen LogP contribution in [0, 0.1) is 0 Å². The van der Waals surface area contributed by atoms with Crippen LogP contribution in [0.3, 0.4) is 0 Å². The highest BCUT2D eigenvalue weighted by atomic mass is 35.5. The van der Waals surface area contributed by atoms with Gasteiger partial charge >= 0.3 is 0 Å². The zero-order valence-electron chi connectivity index (χ0n) is 12.2. The number of hydrogen-bond donors (Lipinski definition) is 0. The molecule has 0 aliphatic heterocycles. The minimum atomic E-state index is -2.60. The average molecular weight is 336 g/mol. The van der Waals surface area contributed by atoms with Gasteiger partial charge in [0, 0.05) is 29.5 Å². The molecular weight excluding hydrogens is 321 g/mol. The molecule has 0 saturated heterocycles. The monoisotopic (exact) mass is 335 g/mol. The van der Waals surface area contributed by atoms with E-state index in [9.17, 15) is 4.57 Å². The van der Waals surface area contributed by atoms with Crippen LogP contribution in [-0.4, -0.2) is 17.8 Å². The lowest BCUT2D eigenvalue weighted by Gasteiger charge is -2.12. The molecule has 3 rings (SSSR count). The molecule has 1 aromatic heterocycles. The predicted molar refractivity (Wildman–Crippen MR) is 89.2 cm³/mol. The van der Waals surface area contributed by atoms with Crippen LogP contribution in [0.1, 0.15) is 6.92 Å². The maximum Gasteiger partial charge on any atom is 0.244 e. The second-order valence-corrected chi connectivity index (χ2v) is 8.36. The third-order valence-corrected chi connectivity index (χ3v) is 5.32. The van der Waals surface area contributed by atoms with Crippen molar-refractivity contribution in [3.05, 3.63) is 47.5 Å². The number of oxazole rings is 1. The molecule has 3 aromatic rings. The fourth-order valence-electron chi connectivity index (χ4n) is 1.97. The number of benzene rings is 2. The van der Waals surface area contributed by atoms with Crippen molar-refractivity contribution in [2.75, 3.05) is 12.8 Å². The topological polar surface area (TPSA) is 52.3 Å². The van der Waals surface area contributed by atoms with Gasteiger partial charge in [-0.05, 0) is 36.4 Å². The van der Waals surface area contributed by atoms with Crippen molar-refractivity contribution in [2.24, 2.45) is 0 Å². The van der Waals surface area contributed by atoms with Crippen LogP contribution in [-0.2, 0) is 4.57 Å². The fraction of sp³-hybridized carbons (Fsp3) is 0.188. The summed E-state index contributed by atoms with van der Waals surface area (Å²) in [5, 5.41) is 0.661. The van der Waals surface area contributed by atoms with E-state index < -0.39 is 7.37 Å². The van der Waals surface area contributed by atoms with Crippen molar-refractivity contribution in [1.29, 1.82) is 0 Å². The average Bonchev–Trinajstić information content (AvgIpc) is 2.90. The summed E-state index contributed by atoms with van der Waals surface area (Å²) < 4.78 is 23.3. The van der Waals surface area contributed by atoms with Crippen molar-refractivity contribution in [3.8, 4) is 17.2 Å². The molecule has 114 valence electrons. The summed E-state index contributed by atoms with van der Waals surface area (Å²) >= 11 is 5.88. The Balaban J connectivity index is 1.96. The van der Waals surface area contributed by atoms with Gasteiger partial charge in [0.1, 0.15) is 11.3 Å². The molecule has 0 amide bonds. The number of halogens is 1. The SMILES string of the molecule is CCP(C)(=O)Oc1ccc2oc(-c3ccc(Cl)cc3)nc2c1. The van der Waals surface area contributed by atoms with Gasteiger partial charge in [0.25, 0.3) is 0 Å². The third-order valence-electron chi connectivity index (χ3n) is 3.32. The number of fused-ring (bicyclic) bond motifs is 1. The predicted octanol–water partition coefficient (Wildman–Crippen LogP) is 5.45. The van der Waals surface area contributed by atoms with Crippen molar-refractivity contribution in [3.63, 3.8) is 0 Å². The molecule has 0 spiro atoms. The van der Waals surface area contributed by atoms with Gasteiger partial charge in [-0.25, -0.2) is 4.98 Å². The molecule has 4 nitrogen and oxygen atoms in total. The Bertz CT molecular complexity index is 857. The van der Waals surface area contributed by atoms with E-state index in [-0.39, 0.29) is 0 Å². The Morgan fingerprint density at radius 1 is 1.23 bits per heavy atom. The van der Waals surface area contributed by atoms with Gasteiger partial charge in [-0.3, -0.25) is 4.57 Å². The van der Waals surface area contributed by atoms with Crippen molar-refractivity contribution < 1.29 is 13.5 Å². The van der Waals surface area contributed by atoms with E-state index in [1.807, 2.05) is 19.1 Å². The lowest BCUT2D eigenvalue weighted by Crippen LogP contribution is -1.93. The van der Waals surface area contributed by atoms with E-state index in [2.05, 4.69) is 4.98 Å². The van der Waals surface area contributed by atoms with Gasteiger partial charge in [0.05, 0.1) is 0 Å². The van der Waals surface area contributed by atoms with E-state index in [1.54, 1.807) is 37.0 Å². The number of aromatic nitrogens is 1. The molecule has 0 N–H and O–H groups in total.